The average Bonchev–Trinajstić information content (AvgIpc) is 3.13. The lowest BCUT2D eigenvalue weighted by molar-refractivity contribution is 0.273. The van der Waals surface area contributed by atoms with Crippen molar-refractivity contribution >= 4 is 5.96 Å². The van der Waals surface area contributed by atoms with E-state index in [1.165, 1.54) is 24.9 Å². The van der Waals surface area contributed by atoms with Crippen LogP contribution in [0.5, 0.6) is 11.5 Å². The molecule has 0 spiro atoms. The Morgan fingerprint density at radius 3 is 2.69 bits per heavy atom. The fourth-order valence-electron chi connectivity index (χ4n) is 3.42. The summed E-state index contributed by atoms with van der Waals surface area (Å²) in [4.78, 5) is 7.32. The molecule has 1 fully saturated rings. The fourth-order valence-corrected chi connectivity index (χ4v) is 3.42. The molecule has 1 aliphatic rings. The zero-order valence-electron chi connectivity index (χ0n) is 16.7. The van der Waals surface area contributed by atoms with Crippen molar-refractivity contribution in [3.63, 3.8) is 0 Å². The summed E-state index contributed by atoms with van der Waals surface area (Å²) in [5.41, 5.74) is 1.21. The van der Waals surface area contributed by atoms with Gasteiger partial charge in [0.2, 0.25) is 0 Å². The zero-order chi connectivity index (χ0) is 18.8. The van der Waals surface area contributed by atoms with Gasteiger partial charge >= 0.3 is 0 Å². The molecule has 6 heteroatoms. The highest BCUT2D eigenvalue weighted by Crippen LogP contribution is 2.27. The fraction of sp³-hybridized carbons (Fsp3) is 0.650. The van der Waals surface area contributed by atoms with Crippen LogP contribution in [0.3, 0.4) is 0 Å². The number of nitrogens with zero attached hydrogens (tertiary/aromatic N) is 2. The Balaban J connectivity index is 1.87. The summed E-state index contributed by atoms with van der Waals surface area (Å²) in [7, 11) is 3.32. The number of benzene rings is 1. The van der Waals surface area contributed by atoms with E-state index in [4.69, 9.17) is 14.5 Å². The van der Waals surface area contributed by atoms with Crippen LogP contribution < -0.4 is 20.1 Å². The first-order valence-electron chi connectivity index (χ1n) is 9.68. The van der Waals surface area contributed by atoms with Crippen LogP contribution in [0.2, 0.25) is 0 Å². The van der Waals surface area contributed by atoms with Crippen molar-refractivity contribution in [2.75, 3.05) is 46.9 Å². The average molecular weight is 363 g/mol. The minimum Gasteiger partial charge on any atom is -0.493 e. The van der Waals surface area contributed by atoms with Gasteiger partial charge in [-0.05, 0) is 57.0 Å². The van der Waals surface area contributed by atoms with Crippen LogP contribution in [0.1, 0.15) is 32.3 Å². The highest BCUT2D eigenvalue weighted by molar-refractivity contribution is 5.79. The van der Waals surface area contributed by atoms with Gasteiger partial charge in [-0.2, -0.15) is 0 Å². The topological polar surface area (TPSA) is 58.1 Å². The molecule has 6 nitrogen and oxygen atoms in total. The number of nitrogens with one attached hydrogen (secondary N) is 2. The van der Waals surface area contributed by atoms with Crippen molar-refractivity contribution in [3.05, 3.63) is 23.8 Å². The standard InChI is InChI=1S/C20H34N4O2/c1-5-21-20(23-15-17-8-7-13-24(17)6-2)22-12-11-16-9-10-18(25-3)19(14-16)26-4/h9-10,14,17H,5-8,11-13,15H2,1-4H3,(H2,21,22,23). The van der Waals surface area contributed by atoms with Gasteiger partial charge in [-0.3, -0.25) is 9.89 Å². The summed E-state index contributed by atoms with van der Waals surface area (Å²) in [6.07, 6.45) is 3.44. The molecule has 2 rings (SSSR count). The third kappa shape index (κ3) is 5.80. The number of guanidine groups is 1. The molecule has 1 saturated heterocycles. The van der Waals surface area contributed by atoms with E-state index in [0.717, 1.165) is 50.1 Å². The first-order chi connectivity index (χ1) is 12.7. The summed E-state index contributed by atoms with van der Waals surface area (Å²) in [5.74, 6) is 2.43. The number of likely N-dealkylation sites (N-methyl/N-ethyl adjacent to an activating group) is 1. The van der Waals surface area contributed by atoms with Crippen LogP contribution in [0.4, 0.5) is 0 Å². The molecule has 1 aromatic carbocycles. The molecule has 1 unspecified atom stereocenters. The van der Waals surface area contributed by atoms with Crippen LogP contribution in [-0.2, 0) is 6.42 Å². The molecule has 0 aromatic heterocycles. The van der Waals surface area contributed by atoms with E-state index in [2.05, 4.69) is 35.4 Å². The maximum Gasteiger partial charge on any atom is 0.191 e. The molecule has 1 aliphatic heterocycles. The van der Waals surface area contributed by atoms with Crippen molar-refractivity contribution in [1.82, 2.24) is 15.5 Å². The lowest BCUT2D eigenvalue weighted by atomic mass is 10.1. The molecule has 2 N–H and O–H groups in total. The maximum absolute atomic E-state index is 5.37. The maximum atomic E-state index is 5.37. The third-order valence-electron chi connectivity index (χ3n) is 4.86. The normalized spacial score (nSPS) is 18.0. The number of hydrogen-bond donors (Lipinski definition) is 2. The highest BCUT2D eigenvalue weighted by Gasteiger charge is 2.22. The quantitative estimate of drug-likeness (QED) is 0.521. The van der Waals surface area contributed by atoms with Crippen LogP contribution in [0, 0.1) is 0 Å². The highest BCUT2D eigenvalue weighted by atomic mass is 16.5. The van der Waals surface area contributed by atoms with Gasteiger partial charge in [-0.15, -0.1) is 0 Å². The Labute approximate surface area is 158 Å². The minimum absolute atomic E-state index is 0.585. The van der Waals surface area contributed by atoms with Gasteiger partial charge in [0, 0.05) is 19.1 Å². The Morgan fingerprint density at radius 2 is 2.00 bits per heavy atom. The second-order valence-corrected chi connectivity index (χ2v) is 6.51. The molecule has 26 heavy (non-hydrogen) atoms. The first kappa shape index (κ1) is 20.4. The van der Waals surface area contributed by atoms with Crippen molar-refractivity contribution in [2.45, 2.75) is 39.2 Å². The summed E-state index contributed by atoms with van der Waals surface area (Å²) < 4.78 is 10.7. The predicted molar refractivity (Wildman–Crippen MR) is 108 cm³/mol. The molecule has 146 valence electrons. The Kier molecular flexibility index (Phi) is 8.54. The van der Waals surface area contributed by atoms with E-state index in [1.807, 2.05) is 12.1 Å². The number of likely N-dealkylation sites (tertiary alicyclic amines) is 1. The van der Waals surface area contributed by atoms with Crippen LogP contribution in [0.25, 0.3) is 0 Å². The Bertz CT molecular complexity index is 577. The molecule has 1 aromatic rings. The third-order valence-corrected chi connectivity index (χ3v) is 4.86. The van der Waals surface area contributed by atoms with E-state index >= 15 is 0 Å². The van der Waals surface area contributed by atoms with Crippen LogP contribution >= 0.6 is 0 Å². The van der Waals surface area contributed by atoms with Gasteiger partial charge in [0.25, 0.3) is 0 Å². The summed E-state index contributed by atoms with van der Waals surface area (Å²) >= 11 is 0. The summed E-state index contributed by atoms with van der Waals surface area (Å²) in [6, 6.07) is 6.64. The van der Waals surface area contributed by atoms with Crippen molar-refractivity contribution < 1.29 is 9.47 Å². The Hall–Kier alpha value is -1.95. The SMILES string of the molecule is CCNC(=NCC1CCCN1CC)NCCc1ccc(OC)c(OC)c1. The molecule has 0 radical (unpaired) electrons. The molecule has 0 amide bonds. The zero-order valence-corrected chi connectivity index (χ0v) is 16.7. The number of hydrogen-bond acceptors (Lipinski definition) is 4. The largest absolute Gasteiger partial charge is 0.493 e. The van der Waals surface area contributed by atoms with Gasteiger partial charge < -0.3 is 20.1 Å². The first-order valence-corrected chi connectivity index (χ1v) is 9.68. The predicted octanol–water partition coefficient (Wildman–Crippen LogP) is 2.29. The number of methoxy groups -OCH3 is 2. The van der Waals surface area contributed by atoms with Gasteiger partial charge in [0.15, 0.2) is 17.5 Å². The lowest BCUT2D eigenvalue weighted by Crippen LogP contribution is -2.40. The van der Waals surface area contributed by atoms with E-state index < -0.39 is 0 Å². The molecule has 0 bridgehead atoms. The van der Waals surface area contributed by atoms with Crippen molar-refractivity contribution in [1.29, 1.82) is 0 Å². The molecule has 0 aliphatic carbocycles. The minimum atomic E-state index is 0.585. The van der Waals surface area contributed by atoms with Crippen molar-refractivity contribution in [2.24, 2.45) is 4.99 Å². The van der Waals surface area contributed by atoms with Gasteiger partial charge in [-0.25, -0.2) is 0 Å². The van der Waals surface area contributed by atoms with E-state index in [-0.39, 0.29) is 0 Å². The monoisotopic (exact) mass is 362 g/mol. The Morgan fingerprint density at radius 1 is 1.19 bits per heavy atom. The molecule has 1 heterocycles. The van der Waals surface area contributed by atoms with Gasteiger partial charge in [0.05, 0.1) is 20.8 Å². The number of ether oxygens (including phenoxy) is 2. The van der Waals surface area contributed by atoms with Crippen molar-refractivity contribution in [3.8, 4) is 11.5 Å². The number of rotatable bonds is 9. The van der Waals surface area contributed by atoms with Crippen LogP contribution in [-0.4, -0.2) is 63.8 Å². The summed E-state index contributed by atoms with van der Waals surface area (Å²) in [6.45, 7) is 9.20. The van der Waals surface area contributed by atoms with Crippen LogP contribution in [0.15, 0.2) is 23.2 Å². The molecule has 0 saturated carbocycles. The summed E-state index contributed by atoms with van der Waals surface area (Å²) in [5, 5.41) is 6.78. The number of aliphatic imine (C=N–C) groups is 1. The lowest BCUT2D eigenvalue weighted by Gasteiger charge is -2.21. The molecular weight excluding hydrogens is 328 g/mol. The second-order valence-electron chi connectivity index (χ2n) is 6.51. The van der Waals surface area contributed by atoms with E-state index in [9.17, 15) is 0 Å². The van der Waals surface area contributed by atoms with Gasteiger partial charge in [0.1, 0.15) is 0 Å². The molecular formula is C20H34N4O2. The second kappa shape index (κ2) is 10.9. The van der Waals surface area contributed by atoms with Gasteiger partial charge in [-0.1, -0.05) is 13.0 Å². The smallest absolute Gasteiger partial charge is 0.191 e. The molecule has 1 atom stereocenters. The van der Waals surface area contributed by atoms with E-state index in [0.29, 0.717) is 6.04 Å². The van der Waals surface area contributed by atoms with E-state index in [1.54, 1.807) is 14.2 Å².